The standard InChI is InChI=1S/C15H13N3O4S2/c1-7-4-10(8(2)22-7)11-6-23-15(16-11)17-14(19)13-5-12(18(20)21)9(3)24-13/h4-6H,1-3H3,(H,16,17,19). The highest BCUT2D eigenvalue weighted by Gasteiger charge is 2.20. The monoisotopic (exact) mass is 363 g/mol. The molecule has 0 aliphatic rings. The highest BCUT2D eigenvalue weighted by Crippen LogP contribution is 2.31. The lowest BCUT2D eigenvalue weighted by molar-refractivity contribution is -0.385. The topological polar surface area (TPSA) is 98.3 Å². The van der Waals surface area contributed by atoms with Gasteiger partial charge in [-0.25, -0.2) is 4.98 Å². The van der Waals surface area contributed by atoms with Gasteiger partial charge >= 0.3 is 0 Å². The van der Waals surface area contributed by atoms with Crippen LogP contribution in [-0.4, -0.2) is 15.8 Å². The average Bonchev–Trinajstić information content (AvgIpc) is 3.18. The predicted molar refractivity (Wildman–Crippen MR) is 93.0 cm³/mol. The fourth-order valence-corrected chi connectivity index (χ4v) is 3.85. The third-order valence-electron chi connectivity index (χ3n) is 3.35. The van der Waals surface area contributed by atoms with Crippen molar-refractivity contribution in [3.63, 3.8) is 0 Å². The van der Waals surface area contributed by atoms with Crippen LogP contribution in [0, 0.1) is 30.9 Å². The van der Waals surface area contributed by atoms with Gasteiger partial charge in [0.2, 0.25) is 0 Å². The van der Waals surface area contributed by atoms with Crippen LogP contribution in [0.2, 0.25) is 0 Å². The number of nitrogens with one attached hydrogen (secondary N) is 1. The van der Waals surface area contributed by atoms with Gasteiger partial charge in [-0.05, 0) is 26.8 Å². The summed E-state index contributed by atoms with van der Waals surface area (Å²) in [6.07, 6.45) is 0. The molecule has 0 fully saturated rings. The van der Waals surface area contributed by atoms with Crippen molar-refractivity contribution in [3.05, 3.63) is 48.9 Å². The molecule has 3 rings (SSSR count). The minimum atomic E-state index is -0.492. The summed E-state index contributed by atoms with van der Waals surface area (Å²) in [4.78, 5) is 27.8. The second-order valence-corrected chi connectivity index (χ2v) is 7.24. The molecule has 24 heavy (non-hydrogen) atoms. The van der Waals surface area contributed by atoms with E-state index in [0.717, 1.165) is 34.1 Å². The molecule has 0 saturated carbocycles. The fraction of sp³-hybridized carbons (Fsp3) is 0.200. The summed E-state index contributed by atoms with van der Waals surface area (Å²) >= 11 is 2.38. The van der Waals surface area contributed by atoms with E-state index in [1.54, 1.807) is 6.92 Å². The highest BCUT2D eigenvalue weighted by atomic mass is 32.1. The number of aromatic nitrogens is 1. The van der Waals surface area contributed by atoms with Crippen LogP contribution in [0.1, 0.15) is 26.1 Å². The number of nitrogens with zero attached hydrogens (tertiary/aromatic N) is 2. The first-order valence-corrected chi connectivity index (χ1v) is 8.64. The third-order valence-corrected chi connectivity index (χ3v) is 5.15. The molecule has 0 radical (unpaired) electrons. The van der Waals surface area contributed by atoms with Crippen LogP contribution in [-0.2, 0) is 0 Å². The molecule has 0 saturated heterocycles. The van der Waals surface area contributed by atoms with Crippen LogP contribution in [0.3, 0.4) is 0 Å². The van der Waals surface area contributed by atoms with E-state index in [9.17, 15) is 14.9 Å². The molecule has 1 amide bonds. The summed E-state index contributed by atoms with van der Waals surface area (Å²) in [6, 6.07) is 3.18. The Morgan fingerprint density at radius 3 is 2.67 bits per heavy atom. The lowest BCUT2D eigenvalue weighted by atomic mass is 10.2. The highest BCUT2D eigenvalue weighted by molar-refractivity contribution is 7.15. The molecule has 0 spiro atoms. The largest absolute Gasteiger partial charge is 0.466 e. The van der Waals surface area contributed by atoms with Crippen LogP contribution >= 0.6 is 22.7 Å². The van der Waals surface area contributed by atoms with E-state index in [1.807, 2.05) is 25.3 Å². The first-order valence-electron chi connectivity index (χ1n) is 6.94. The Morgan fingerprint density at radius 2 is 2.08 bits per heavy atom. The Balaban J connectivity index is 1.79. The molecule has 0 unspecified atom stereocenters. The van der Waals surface area contributed by atoms with Crippen molar-refractivity contribution in [2.75, 3.05) is 5.32 Å². The van der Waals surface area contributed by atoms with Crippen LogP contribution in [0.5, 0.6) is 0 Å². The molecule has 3 heterocycles. The third kappa shape index (κ3) is 3.08. The molecule has 124 valence electrons. The molecule has 1 N–H and O–H groups in total. The van der Waals surface area contributed by atoms with Gasteiger partial charge in [0.05, 0.1) is 20.4 Å². The van der Waals surface area contributed by atoms with Gasteiger partial charge < -0.3 is 4.42 Å². The molecule has 3 aromatic heterocycles. The Bertz CT molecular complexity index is 939. The second-order valence-electron chi connectivity index (χ2n) is 5.13. The smallest absolute Gasteiger partial charge is 0.283 e. The maximum absolute atomic E-state index is 12.2. The van der Waals surface area contributed by atoms with Crippen LogP contribution in [0.15, 0.2) is 21.9 Å². The molecular formula is C15H13N3O4S2. The first-order chi connectivity index (χ1) is 11.3. The summed E-state index contributed by atoms with van der Waals surface area (Å²) < 4.78 is 5.48. The van der Waals surface area contributed by atoms with Crippen molar-refractivity contribution < 1.29 is 14.1 Å². The maximum atomic E-state index is 12.2. The zero-order chi connectivity index (χ0) is 17.4. The number of furan rings is 1. The number of hydrogen-bond donors (Lipinski definition) is 1. The Morgan fingerprint density at radius 1 is 1.33 bits per heavy atom. The van der Waals surface area contributed by atoms with Crippen LogP contribution < -0.4 is 5.32 Å². The number of nitro groups is 1. The minimum absolute atomic E-state index is 0.0468. The number of aryl methyl sites for hydroxylation is 3. The Kier molecular flexibility index (Phi) is 4.20. The fourth-order valence-electron chi connectivity index (χ4n) is 2.26. The summed E-state index contributed by atoms with van der Waals surface area (Å²) in [5.74, 6) is 1.15. The number of carbonyl (C=O) groups is 1. The lowest BCUT2D eigenvalue weighted by Crippen LogP contribution is -2.09. The predicted octanol–water partition coefficient (Wildman–Crippen LogP) is 4.55. The van der Waals surface area contributed by atoms with Crippen molar-refractivity contribution in [2.24, 2.45) is 0 Å². The summed E-state index contributed by atoms with van der Waals surface area (Å²) in [5, 5.41) is 15.8. The van der Waals surface area contributed by atoms with Gasteiger partial charge in [-0.3, -0.25) is 20.2 Å². The van der Waals surface area contributed by atoms with E-state index in [0.29, 0.717) is 10.0 Å². The average molecular weight is 363 g/mol. The summed E-state index contributed by atoms with van der Waals surface area (Å²) in [6.45, 7) is 5.33. The molecule has 9 heteroatoms. The number of rotatable bonds is 4. The minimum Gasteiger partial charge on any atom is -0.466 e. The molecule has 7 nitrogen and oxygen atoms in total. The van der Waals surface area contributed by atoms with Crippen molar-refractivity contribution in [1.29, 1.82) is 0 Å². The molecule has 0 aromatic carbocycles. The molecule has 0 aliphatic carbocycles. The maximum Gasteiger partial charge on any atom is 0.283 e. The number of thiophene rings is 1. The first kappa shape index (κ1) is 16.3. The lowest BCUT2D eigenvalue weighted by Gasteiger charge is -1.97. The second kappa shape index (κ2) is 6.17. The van der Waals surface area contributed by atoms with Crippen molar-refractivity contribution in [1.82, 2.24) is 4.98 Å². The molecule has 3 aromatic rings. The number of hydrogen-bond acceptors (Lipinski definition) is 7. The van der Waals surface area contributed by atoms with E-state index >= 15 is 0 Å². The van der Waals surface area contributed by atoms with Crippen molar-refractivity contribution >= 4 is 39.4 Å². The van der Waals surface area contributed by atoms with E-state index in [-0.39, 0.29) is 10.6 Å². The van der Waals surface area contributed by atoms with Gasteiger partial charge in [-0.2, -0.15) is 0 Å². The molecule has 0 bridgehead atoms. The molecule has 0 atom stereocenters. The number of thiazole rings is 1. The van der Waals surface area contributed by atoms with Gasteiger partial charge in [-0.15, -0.1) is 22.7 Å². The van der Waals surface area contributed by atoms with E-state index in [2.05, 4.69) is 10.3 Å². The quantitative estimate of drug-likeness (QED) is 0.541. The van der Waals surface area contributed by atoms with Gasteiger partial charge in [0.25, 0.3) is 11.6 Å². The Labute approximate surface area is 145 Å². The van der Waals surface area contributed by atoms with Gasteiger partial charge in [0, 0.05) is 17.0 Å². The zero-order valence-corrected chi connectivity index (χ0v) is 14.7. The van der Waals surface area contributed by atoms with Gasteiger partial charge in [0.1, 0.15) is 11.5 Å². The van der Waals surface area contributed by atoms with Gasteiger partial charge in [0.15, 0.2) is 5.13 Å². The van der Waals surface area contributed by atoms with Crippen molar-refractivity contribution in [2.45, 2.75) is 20.8 Å². The number of anilines is 1. The molecular weight excluding hydrogens is 350 g/mol. The summed E-state index contributed by atoms with van der Waals surface area (Å²) in [5.41, 5.74) is 1.55. The number of carbonyl (C=O) groups excluding carboxylic acids is 1. The SMILES string of the molecule is Cc1cc(-c2csc(NC(=O)c3cc([N+](=O)[O-])c(C)s3)n2)c(C)o1. The van der Waals surface area contributed by atoms with Crippen LogP contribution in [0.4, 0.5) is 10.8 Å². The van der Waals surface area contributed by atoms with E-state index < -0.39 is 10.8 Å². The summed E-state index contributed by atoms with van der Waals surface area (Å²) in [7, 11) is 0. The number of amides is 1. The van der Waals surface area contributed by atoms with Crippen LogP contribution in [0.25, 0.3) is 11.3 Å². The molecule has 0 aliphatic heterocycles. The van der Waals surface area contributed by atoms with Crippen molar-refractivity contribution in [3.8, 4) is 11.3 Å². The van der Waals surface area contributed by atoms with E-state index in [4.69, 9.17) is 4.42 Å². The van der Waals surface area contributed by atoms with E-state index in [1.165, 1.54) is 17.4 Å². The zero-order valence-electron chi connectivity index (χ0n) is 13.1. The van der Waals surface area contributed by atoms with Gasteiger partial charge in [-0.1, -0.05) is 0 Å². The Hall–Kier alpha value is -2.52. The normalized spacial score (nSPS) is 10.8.